The van der Waals surface area contributed by atoms with E-state index in [0.29, 0.717) is 21.9 Å². The fourth-order valence-corrected chi connectivity index (χ4v) is 2.12. The Morgan fingerprint density at radius 3 is 2.90 bits per heavy atom. The number of nitrogens with zero attached hydrogens (tertiary/aromatic N) is 2. The molecule has 106 valence electrons. The van der Waals surface area contributed by atoms with Crippen molar-refractivity contribution in [1.82, 2.24) is 9.55 Å². The van der Waals surface area contributed by atoms with Crippen LogP contribution in [0.1, 0.15) is 0 Å². The predicted octanol–water partition coefficient (Wildman–Crippen LogP) is 2.28. The summed E-state index contributed by atoms with van der Waals surface area (Å²) >= 11 is 5.96. The maximum absolute atomic E-state index is 12.0. The number of rotatable bonds is 3. The van der Waals surface area contributed by atoms with Crippen molar-refractivity contribution in [1.29, 1.82) is 0 Å². The first-order chi connectivity index (χ1) is 10.1. The molecule has 0 saturated heterocycles. The maximum atomic E-state index is 12.0. The Kier molecular flexibility index (Phi) is 3.45. The van der Waals surface area contributed by atoms with E-state index >= 15 is 0 Å². The van der Waals surface area contributed by atoms with E-state index in [0.717, 1.165) is 0 Å². The molecule has 1 amide bonds. The lowest BCUT2D eigenvalue weighted by Crippen LogP contribution is -2.25. The normalized spacial score (nSPS) is 10.7. The average molecular weight is 304 g/mol. The van der Waals surface area contributed by atoms with Gasteiger partial charge >= 0.3 is 5.76 Å². The third-order valence-electron chi connectivity index (χ3n) is 2.87. The van der Waals surface area contributed by atoms with Crippen LogP contribution in [-0.2, 0) is 11.3 Å². The van der Waals surface area contributed by atoms with Crippen LogP contribution in [0.5, 0.6) is 0 Å². The van der Waals surface area contributed by atoms with Crippen LogP contribution < -0.4 is 11.1 Å². The number of aromatic nitrogens is 2. The second-order valence-corrected chi connectivity index (χ2v) is 4.71. The number of oxazole rings is 1. The summed E-state index contributed by atoms with van der Waals surface area (Å²) in [5, 5.41) is 3.06. The number of hydrogen-bond acceptors (Lipinski definition) is 4. The number of halogens is 1. The highest BCUT2D eigenvalue weighted by atomic mass is 35.5. The van der Waals surface area contributed by atoms with Crippen molar-refractivity contribution in [3.05, 3.63) is 58.2 Å². The Bertz CT molecular complexity index is 869. The van der Waals surface area contributed by atoms with Gasteiger partial charge in [-0.25, -0.2) is 14.3 Å². The third kappa shape index (κ3) is 2.66. The van der Waals surface area contributed by atoms with Gasteiger partial charge in [-0.15, -0.1) is 0 Å². The molecular weight excluding hydrogens is 294 g/mol. The first kappa shape index (κ1) is 13.4. The van der Waals surface area contributed by atoms with Gasteiger partial charge in [0.1, 0.15) is 6.54 Å². The fraction of sp³-hybridized carbons (Fsp3) is 0.0714. The van der Waals surface area contributed by atoms with Crippen molar-refractivity contribution in [2.75, 3.05) is 5.32 Å². The number of carbonyl (C=O) groups is 1. The van der Waals surface area contributed by atoms with Gasteiger partial charge in [-0.2, -0.15) is 0 Å². The molecule has 1 aromatic carbocycles. The van der Waals surface area contributed by atoms with E-state index in [1.54, 1.807) is 36.4 Å². The highest BCUT2D eigenvalue weighted by Gasteiger charge is 2.14. The molecule has 0 bridgehead atoms. The van der Waals surface area contributed by atoms with Crippen molar-refractivity contribution < 1.29 is 9.21 Å². The van der Waals surface area contributed by atoms with E-state index in [1.807, 2.05) is 0 Å². The van der Waals surface area contributed by atoms with Gasteiger partial charge in [0.15, 0.2) is 11.2 Å². The Hall–Kier alpha value is -2.60. The quantitative estimate of drug-likeness (QED) is 0.805. The van der Waals surface area contributed by atoms with Crippen LogP contribution in [0.15, 0.2) is 51.8 Å². The molecule has 6 nitrogen and oxygen atoms in total. The minimum atomic E-state index is -0.627. The summed E-state index contributed by atoms with van der Waals surface area (Å²) in [6.45, 7) is -0.200. The topological polar surface area (TPSA) is 77.1 Å². The van der Waals surface area contributed by atoms with Gasteiger partial charge in [0.2, 0.25) is 5.91 Å². The average Bonchev–Trinajstić information content (AvgIpc) is 2.78. The molecule has 0 atom stereocenters. The van der Waals surface area contributed by atoms with Crippen LogP contribution in [0.25, 0.3) is 11.2 Å². The maximum Gasteiger partial charge on any atom is 0.421 e. The molecule has 3 aromatic rings. The third-order valence-corrected chi connectivity index (χ3v) is 3.20. The number of pyridine rings is 1. The lowest BCUT2D eigenvalue weighted by Gasteiger charge is -2.06. The number of amides is 1. The van der Waals surface area contributed by atoms with E-state index in [9.17, 15) is 9.59 Å². The number of benzene rings is 1. The van der Waals surface area contributed by atoms with Crippen LogP contribution in [0.4, 0.5) is 5.69 Å². The predicted molar refractivity (Wildman–Crippen MR) is 78.4 cm³/mol. The van der Waals surface area contributed by atoms with E-state index in [2.05, 4.69) is 10.3 Å². The Labute approximate surface area is 124 Å². The summed E-state index contributed by atoms with van der Waals surface area (Å²) in [6.07, 6.45) is 1.53. The Morgan fingerprint density at radius 1 is 1.29 bits per heavy atom. The first-order valence-electron chi connectivity index (χ1n) is 6.14. The molecule has 0 spiro atoms. The number of anilines is 1. The van der Waals surface area contributed by atoms with Crippen molar-refractivity contribution >= 4 is 34.4 Å². The van der Waals surface area contributed by atoms with Crippen molar-refractivity contribution in [3.63, 3.8) is 0 Å². The molecule has 1 N–H and O–H groups in total. The molecule has 2 aromatic heterocycles. The Morgan fingerprint density at radius 2 is 2.10 bits per heavy atom. The molecule has 3 rings (SSSR count). The van der Waals surface area contributed by atoms with Crippen LogP contribution in [0.3, 0.4) is 0 Å². The summed E-state index contributed by atoms with van der Waals surface area (Å²) in [5.41, 5.74) is 1.16. The van der Waals surface area contributed by atoms with Crippen LogP contribution >= 0.6 is 11.6 Å². The minimum absolute atomic E-state index is 0.200. The largest absolute Gasteiger partial charge is 0.421 e. The molecule has 0 unspecified atom stereocenters. The van der Waals surface area contributed by atoms with Crippen LogP contribution in [-0.4, -0.2) is 15.5 Å². The summed E-state index contributed by atoms with van der Waals surface area (Å²) < 4.78 is 6.18. The van der Waals surface area contributed by atoms with Crippen molar-refractivity contribution in [2.24, 2.45) is 0 Å². The molecule has 0 fully saturated rings. The first-order valence-corrected chi connectivity index (χ1v) is 6.51. The van der Waals surface area contributed by atoms with Gasteiger partial charge in [0.25, 0.3) is 0 Å². The van der Waals surface area contributed by atoms with Crippen molar-refractivity contribution in [2.45, 2.75) is 6.54 Å². The Balaban J connectivity index is 1.86. The number of nitrogens with one attached hydrogen (secondary N) is 1. The van der Waals surface area contributed by atoms with Crippen molar-refractivity contribution in [3.8, 4) is 0 Å². The van der Waals surface area contributed by atoms with E-state index in [-0.39, 0.29) is 6.54 Å². The fourth-order valence-electron chi connectivity index (χ4n) is 1.94. The second kappa shape index (κ2) is 5.41. The summed E-state index contributed by atoms with van der Waals surface area (Å²) in [4.78, 5) is 27.8. The van der Waals surface area contributed by atoms with E-state index < -0.39 is 11.7 Å². The standard InChI is InChI=1S/C14H10ClN3O3/c15-9-4-1-2-5-10(9)17-12(19)8-18-13-11(21-14(18)20)6-3-7-16-13/h1-7H,8H2,(H,17,19). The second-order valence-electron chi connectivity index (χ2n) is 4.31. The van der Waals surface area contributed by atoms with Gasteiger partial charge in [-0.3, -0.25) is 4.79 Å². The highest BCUT2D eigenvalue weighted by molar-refractivity contribution is 6.33. The molecule has 0 aliphatic rings. The molecule has 0 aliphatic carbocycles. The SMILES string of the molecule is O=C(Cn1c(=O)oc2cccnc21)Nc1ccccc1Cl. The smallest absolute Gasteiger partial charge is 0.406 e. The van der Waals surface area contributed by atoms with E-state index in [1.165, 1.54) is 10.8 Å². The van der Waals surface area contributed by atoms with Gasteiger partial charge in [-0.1, -0.05) is 23.7 Å². The lowest BCUT2D eigenvalue weighted by molar-refractivity contribution is -0.116. The van der Waals surface area contributed by atoms with E-state index in [4.69, 9.17) is 16.0 Å². The van der Waals surface area contributed by atoms with Gasteiger partial charge in [0, 0.05) is 6.20 Å². The monoisotopic (exact) mass is 303 g/mol. The molecule has 0 saturated carbocycles. The van der Waals surface area contributed by atoms with Gasteiger partial charge in [-0.05, 0) is 24.3 Å². The van der Waals surface area contributed by atoms with Crippen LogP contribution in [0.2, 0.25) is 5.02 Å². The zero-order chi connectivity index (χ0) is 14.8. The number of hydrogen-bond donors (Lipinski definition) is 1. The minimum Gasteiger partial charge on any atom is -0.406 e. The lowest BCUT2D eigenvalue weighted by atomic mass is 10.3. The van der Waals surface area contributed by atoms with Gasteiger partial charge < -0.3 is 9.73 Å². The number of carbonyl (C=O) groups excluding carboxylic acids is 1. The molecule has 0 aliphatic heterocycles. The van der Waals surface area contributed by atoms with Crippen LogP contribution in [0, 0.1) is 0 Å². The zero-order valence-corrected chi connectivity index (χ0v) is 11.5. The summed E-state index contributed by atoms with van der Waals surface area (Å²) in [6, 6.07) is 10.1. The summed E-state index contributed by atoms with van der Waals surface area (Å²) in [7, 11) is 0. The summed E-state index contributed by atoms with van der Waals surface area (Å²) in [5.74, 6) is -1.02. The zero-order valence-electron chi connectivity index (χ0n) is 10.7. The molecule has 7 heteroatoms. The molecule has 21 heavy (non-hydrogen) atoms. The molecule has 0 radical (unpaired) electrons. The molecule has 2 heterocycles. The van der Waals surface area contributed by atoms with Gasteiger partial charge in [0.05, 0.1) is 10.7 Å². The number of para-hydroxylation sites is 1. The number of fused-ring (bicyclic) bond motifs is 1. The molecular formula is C14H10ClN3O3. The highest BCUT2D eigenvalue weighted by Crippen LogP contribution is 2.20.